The molecule has 1 aliphatic rings. The molecule has 0 spiro atoms. The summed E-state index contributed by atoms with van der Waals surface area (Å²) in [5.74, 6) is -0.849. The molecule has 2 aromatic rings. The maximum atomic E-state index is 12.3. The largest absolute Gasteiger partial charge is 0.279 e. The van der Waals surface area contributed by atoms with Crippen LogP contribution in [0.4, 0.5) is 11.4 Å². The van der Waals surface area contributed by atoms with Crippen LogP contribution in [0.25, 0.3) is 0 Å². The van der Waals surface area contributed by atoms with Gasteiger partial charge in [-0.3, -0.25) is 40.7 Å². The summed E-state index contributed by atoms with van der Waals surface area (Å²) in [6.45, 7) is 2.15. The first-order valence-corrected chi connectivity index (χ1v) is 9.22. The molecule has 2 amide bonds. The number of benzene rings is 1. The van der Waals surface area contributed by atoms with Crippen LogP contribution in [0.2, 0.25) is 0 Å². The Labute approximate surface area is 162 Å². The van der Waals surface area contributed by atoms with Crippen molar-refractivity contribution in [3.8, 4) is 0 Å². The Balaban J connectivity index is 1.71. The van der Waals surface area contributed by atoms with Crippen LogP contribution >= 0.6 is 11.3 Å². The molecule has 1 unspecified atom stereocenters. The molecule has 11 heteroatoms. The zero-order chi connectivity index (χ0) is 20.4. The van der Waals surface area contributed by atoms with E-state index >= 15 is 0 Å². The predicted octanol–water partition coefficient (Wildman–Crippen LogP) is 2.76. The highest BCUT2D eigenvalue weighted by molar-refractivity contribution is 7.14. The van der Waals surface area contributed by atoms with E-state index in [1.807, 2.05) is 0 Å². The van der Waals surface area contributed by atoms with E-state index in [0.29, 0.717) is 10.8 Å². The van der Waals surface area contributed by atoms with Gasteiger partial charge in [0.05, 0.1) is 26.4 Å². The molecule has 0 saturated heterocycles. The van der Waals surface area contributed by atoms with Gasteiger partial charge in [0, 0.05) is 17.0 Å². The summed E-state index contributed by atoms with van der Waals surface area (Å²) < 4.78 is 0. The summed E-state index contributed by atoms with van der Waals surface area (Å²) >= 11 is 1.36. The maximum absolute atomic E-state index is 12.3. The third-order valence-corrected chi connectivity index (χ3v) is 5.66. The molecular weight excluding hydrogens is 388 g/mol. The highest BCUT2D eigenvalue weighted by Gasteiger charge is 2.22. The molecular formula is C17H16N4O6S. The lowest BCUT2D eigenvalue weighted by atomic mass is 9.90. The normalized spacial score (nSPS) is 15.4. The number of hydrogen-bond donors (Lipinski definition) is 2. The van der Waals surface area contributed by atoms with Crippen molar-refractivity contribution < 1.29 is 19.4 Å². The van der Waals surface area contributed by atoms with Gasteiger partial charge in [0.15, 0.2) is 0 Å². The van der Waals surface area contributed by atoms with Gasteiger partial charge in [-0.15, -0.1) is 11.3 Å². The number of hydrazine groups is 1. The van der Waals surface area contributed by atoms with Gasteiger partial charge in [0.1, 0.15) is 0 Å². The summed E-state index contributed by atoms with van der Waals surface area (Å²) in [5, 5.41) is 21.8. The maximum Gasteiger partial charge on any atom is 0.279 e. The van der Waals surface area contributed by atoms with E-state index in [0.717, 1.165) is 47.9 Å². The van der Waals surface area contributed by atoms with Crippen LogP contribution in [-0.2, 0) is 12.8 Å². The van der Waals surface area contributed by atoms with Crippen LogP contribution in [-0.4, -0.2) is 21.7 Å². The second-order valence-corrected chi connectivity index (χ2v) is 7.70. The molecule has 0 aliphatic heterocycles. The van der Waals surface area contributed by atoms with Crippen molar-refractivity contribution in [3.05, 3.63) is 65.4 Å². The molecule has 146 valence electrons. The van der Waals surface area contributed by atoms with Crippen molar-refractivity contribution in [3.63, 3.8) is 0 Å². The molecule has 1 aromatic carbocycles. The zero-order valence-corrected chi connectivity index (χ0v) is 15.6. The molecule has 28 heavy (non-hydrogen) atoms. The Morgan fingerprint density at radius 2 is 1.64 bits per heavy atom. The first kappa shape index (κ1) is 19.4. The number of nitro groups is 2. The van der Waals surface area contributed by atoms with Crippen molar-refractivity contribution in [1.82, 2.24) is 10.9 Å². The first-order chi connectivity index (χ1) is 13.2. The summed E-state index contributed by atoms with van der Waals surface area (Å²) in [4.78, 5) is 46.2. The minimum Gasteiger partial charge on any atom is -0.267 e. The number of hydrogen-bond acceptors (Lipinski definition) is 7. The highest BCUT2D eigenvalue weighted by atomic mass is 32.1. The predicted molar refractivity (Wildman–Crippen MR) is 100 cm³/mol. The highest BCUT2D eigenvalue weighted by Crippen LogP contribution is 2.32. The van der Waals surface area contributed by atoms with Gasteiger partial charge in [-0.25, -0.2) is 0 Å². The molecule has 0 bridgehead atoms. The molecule has 3 rings (SSSR count). The van der Waals surface area contributed by atoms with E-state index in [4.69, 9.17) is 0 Å². The number of nitrogens with one attached hydrogen (secondary N) is 2. The van der Waals surface area contributed by atoms with Gasteiger partial charge in [-0.2, -0.15) is 0 Å². The molecule has 1 aromatic heterocycles. The van der Waals surface area contributed by atoms with E-state index in [2.05, 4.69) is 17.8 Å². The second-order valence-electron chi connectivity index (χ2n) is 6.57. The SMILES string of the molecule is CC1CCc2sc(C(=O)NNC(=O)c3cc([N+](=O)[O-])cc([N+](=O)[O-])c3)cc2C1. The number of nitro benzene ring substituents is 2. The molecule has 1 atom stereocenters. The van der Waals surface area contributed by atoms with Crippen LogP contribution in [0, 0.1) is 26.1 Å². The minimum absolute atomic E-state index is 0.305. The van der Waals surface area contributed by atoms with E-state index in [9.17, 15) is 29.8 Å². The summed E-state index contributed by atoms with van der Waals surface area (Å²) in [5.41, 5.74) is 4.03. The summed E-state index contributed by atoms with van der Waals surface area (Å²) in [6, 6.07) is 4.36. The number of carbonyl (C=O) groups is 2. The molecule has 1 heterocycles. The van der Waals surface area contributed by atoms with Gasteiger partial charge in [0.25, 0.3) is 23.2 Å². The Kier molecular flexibility index (Phi) is 5.36. The molecule has 10 nitrogen and oxygen atoms in total. The fourth-order valence-corrected chi connectivity index (χ4v) is 4.11. The second kappa shape index (κ2) is 7.72. The number of fused-ring (bicyclic) bond motifs is 1. The lowest BCUT2D eigenvalue weighted by molar-refractivity contribution is -0.394. The van der Waals surface area contributed by atoms with Crippen molar-refractivity contribution in [2.45, 2.75) is 26.2 Å². The standard InChI is InChI=1S/C17H16N4O6S/c1-9-2-3-14-10(4-9)7-15(28-14)17(23)19-18-16(22)11-5-12(20(24)25)8-13(6-11)21(26)27/h5-9H,2-4H2,1H3,(H,18,22)(H,19,23). The molecule has 0 radical (unpaired) electrons. The lowest BCUT2D eigenvalue weighted by Crippen LogP contribution is -2.41. The number of carbonyl (C=O) groups excluding carboxylic acids is 2. The van der Waals surface area contributed by atoms with E-state index in [-0.39, 0.29) is 5.56 Å². The van der Waals surface area contributed by atoms with Crippen LogP contribution in [0.15, 0.2) is 24.3 Å². The zero-order valence-electron chi connectivity index (χ0n) is 14.8. The van der Waals surface area contributed by atoms with Crippen LogP contribution in [0.3, 0.4) is 0 Å². The molecule has 0 saturated carbocycles. The Hall–Kier alpha value is -3.34. The third kappa shape index (κ3) is 4.14. The topological polar surface area (TPSA) is 144 Å². The number of thiophene rings is 1. The quantitative estimate of drug-likeness (QED) is 0.592. The van der Waals surface area contributed by atoms with Gasteiger partial charge < -0.3 is 0 Å². The summed E-state index contributed by atoms with van der Waals surface area (Å²) in [7, 11) is 0. The number of amides is 2. The molecule has 0 fully saturated rings. The van der Waals surface area contributed by atoms with Crippen LogP contribution < -0.4 is 10.9 Å². The van der Waals surface area contributed by atoms with Crippen molar-refractivity contribution in [2.75, 3.05) is 0 Å². The average molecular weight is 404 g/mol. The van der Waals surface area contributed by atoms with Crippen LogP contribution in [0.5, 0.6) is 0 Å². The Bertz CT molecular complexity index is 954. The average Bonchev–Trinajstić information content (AvgIpc) is 3.08. The third-order valence-electron chi connectivity index (χ3n) is 4.43. The molecule has 1 aliphatic carbocycles. The van der Waals surface area contributed by atoms with E-state index in [1.54, 1.807) is 6.07 Å². The number of nitrogens with zero attached hydrogens (tertiary/aromatic N) is 2. The monoisotopic (exact) mass is 404 g/mol. The fraction of sp³-hybridized carbons (Fsp3) is 0.294. The smallest absolute Gasteiger partial charge is 0.267 e. The van der Waals surface area contributed by atoms with Gasteiger partial charge in [-0.1, -0.05) is 6.92 Å². The van der Waals surface area contributed by atoms with E-state index < -0.39 is 33.0 Å². The van der Waals surface area contributed by atoms with Gasteiger partial charge in [0.2, 0.25) is 0 Å². The number of non-ortho nitro benzene ring substituents is 2. The first-order valence-electron chi connectivity index (χ1n) is 8.40. The Morgan fingerprint density at radius 1 is 1.04 bits per heavy atom. The Morgan fingerprint density at radius 3 is 2.25 bits per heavy atom. The molecule has 2 N–H and O–H groups in total. The van der Waals surface area contributed by atoms with Crippen molar-refractivity contribution >= 4 is 34.5 Å². The number of rotatable bonds is 4. The van der Waals surface area contributed by atoms with Crippen molar-refractivity contribution in [2.24, 2.45) is 5.92 Å². The number of aryl methyl sites for hydroxylation is 1. The lowest BCUT2D eigenvalue weighted by Gasteiger charge is -2.16. The van der Waals surface area contributed by atoms with Crippen LogP contribution in [0.1, 0.15) is 43.8 Å². The summed E-state index contributed by atoms with van der Waals surface area (Å²) in [6.07, 6.45) is 2.89. The van der Waals surface area contributed by atoms with Gasteiger partial charge >= 0.3 is 0 Å². The van der Waals surface area contributed by atoms with Gasteiger partial charge in [-0.05, 0) is 36.8 Å². The minimum atomic E-state index is -0.893. The van der Waals surface area contributed by atoms with E-state index in [1.165, 1.54) is 11.3 Å². The van der Waals surface area contributed by atoms with Crippen molar-refractivity contribution in [1.29, 1.82) is 0 Å². The fourth-order valence-electron chi connectivity index (χ4n) is 3.00.